The highest BCUT2D eigenvalue weighted by Gasteiger charge is 2.60. The standard InChI is InChI=1S/C15H25NO3/c1-13(2,3)19-12(18)16-8-6-15(7-9-16)10-11(17)14(15,4)5/h6-10H2,1-5H3. The van der Waals surface area contributed by atoms with E-state index in [9.17, 15) is 9.59 Å². The molecule has 0 aromatic rings. The molecule has 19 heavy (non-hydrogen) atoms. The number of likely N-dealkylation sites (tertiary alicyclic amines) is 1. The third-order valence-electron chi connectivity index (χ3n) is 4.89. The number of ketones is 1. The molecule has 1 amide bonds. The summed E-state index contributed by atoms with van der Waals surface area (Å²) in [5.41, 5.74) is -0.548. The first-order chi connectivity index (χ1) is 8.57. The van der Waals surface area contributed by atoms with Crippen LogP contribution in [-0.2, 0) is 9.53 Å². The van der Waals surface area contributed by atoms with E-state index in [0.29, 0.717) is 25.3 Å². The van der Waals surface area contributed by atoms with Crippen LogP contribution in [0.5, 0.6) is 0 Å². The molecule has 1 aliphatic heterocycles. The van der Waals surface area contributed by atoms with Crippen LogP contribution in [0, 0.1) is 10.8 Å². The lowest BCUT2D eigenvalue weighted by Crippen LogP contribution is -2.60. The van der Waals surface area contributed by atoms with E-state index in [-0.39, 0.29) is 16.9 Å². The van der Waals surface area contributed by atoms with Crippen molar-refractivity contribution in [3.05, 3.63) is 0 Å². The van der Waals surface area contributed by atoms with Crippen LogP contribution < -0.4 is 0 Å². The summed E-state index contributed by atoms with van der Waals surface area (Å²) in [6.07, 6.45) is 2.27. The normalized spacial score (nSPS) is 25.1. The summed E-state index contributed by atoms with van der Waals surface area (Å²) in [4.78, 5) is 25.5. The molecule has 2 rings (SSSR count). The molecular weight excluding hydrogens is 242 g/mol. The van der Waals surface area contributed by atoms with Gasteiger partial charge in [-0.15, -0.1) is 0 Å². The maximum absolute atomic E-state index is 12.0. The minimum atomic E-state index is -0.447. The summed E-state index contributed by atoms with van der Waals surface area (Å²) < 4.78 is 5.39. The van der Waals surface area contributed by atoms with Crippen LogP contribution in [0.4, 0.5) is 4.79 Å². The fourth-order valence-corrected chi connectivity index (χ4v) is 3.18. The first-order valence-corrected chi connectivity index (χ1v) is 7.09. The molecule has 1 saturated heterocycles. The molecule has 0 atom stereocenters. The van der Waals surface area contributed by atoms with Gasteiger partial charge in [-0.1, -0.05) is 13.8 Å². The SMILES string of the molecule is CC(C)(C)OC(=O)N1CCC2(CC1)CC(=O)C2(C)C. The second kappa shape index (κ2) is 4.22. The summed E-state index contributed by atoms with van der Waals surface area (Å²) in [7, 11) is 0. The maximum atomic E-state index is 12.0. The van der Waals surface area contributed by atoms with Crippen molar-refractivity contribution < 1.29 is 14.3 Å². The zero-order valence-corrected chi connectivity index (χ0v) is 12.7. The molecule has 0 aromatic carbocycles. The lowest BCUT2D eigenvalue weighted by Gasteiger charge is -2.57. The summed E-state index contributed by atoms with van der Waals surface area (Å²) in [5, 5.41) is 0. The Kier molecular flexibility index (Phi) is 3.19. The van der Waals surface area contributed by atoms with Gasteiger partial charge in [0.2, 0.25) is 0 Å². The number of amides is 1. The molecule has 1 spiro atoms. The molecule has 0 unspecified atom stereocenters. The van der Waals surface area contributed by atoms with Gasteiger partial charge in [-0.3, -0.25) is 4.79 Å². The molecule has 0 bridgehead atoms. The summed E-state index contributed by atoms with van der Waals surface area (Å²) in [6, 6.07) is 0. The molecule has 2 aliphatic rings. The van der Waals surface area contributed by atoms with Gasteiger partial charge < -0.3 is 9.64 Å². The predicted molar refractivity (Wildman–Crippen MR) is 72.9 cm³/mol. The lowest BCUT2D eigenvalue weighted by molar-refractivity contribution is -0.162. The Bertz CT molecular complexity index is 398. The smallest absolute Gasteiger partial charge is 0.410 e. The Morgan fingerprint density at radius 2 is 1.74 bits per heavy atom. The Labute approximate surface area is 115 Å². The van der Waals surface area contributed by atoms with Gasteiger partial charge in [0.05, 0.1) is 0 Å². The van der Waals surface area contributed by atoms with Crippen molar-refractivity contribution in [1.29, 1.82) is 0 Å². The van der Waals surface area contributed by atoms with E-state index >= 15 is 0 Å². The van der Waals surface area contributed by atoms with E-state index in [1.54, 1.807) is 4.90 Å². The number of carbonyl (C=O) groups is 2. The minimum absolute atomic E-state index is 0.114. The molecule has 0 aromatic heterocycles. The van der Waals surface area contributed by atoms with Crippen molar-refractivity contribution >= 4 is 11.9 Å². The van der Waals surface area contributed by atoms with Crippen molar-refractivity contribution in [2.24, 2.45) is 10.8 Å². The Balaban J connectivity index is 1.94. The van der Waals surface area contributed by atoms with Crippen LogP contribution >= 0.6 is 0 Å². The van der Waals surface area contributed by atoms with Gasteiger partial charge in [-0.2, -0.15) is 0 Å². The lowest BCUT2D eigenvalue weighted by atomic mass is 9.47. The largest absolute Gasteiger partial charge is 0.444 e. The van der Waals surface area contributed by atoms with Crippen LogP contribution in [0.2, 0.25) is 0 Å². The Hall–Kier alpha value is -1.06. The number of hydrogen-bond donors (Lipinski definition) is 0. The van der Waals surface area contributed by atoms with E-state index in [1.807, 2.05) is 34.6 Å². The first-order valence-electron chi connectivity index (χ1n) is 7.09. The van der Waals surface area contributed by atoms with Crippen LogP contribution in [0.25, 0.3) is 0 Å². The number of nitrogens with zero attached hydrogens (tertiary/aromatic N) is 1. The quantitative estimate of drug-likeness (QED) is 0.678. The molecular formula is C15H25NO3. The third kappa shape index (κ3) is 2.37. The summed E-state index contributed by atoms with van der Waals surface area (Å²) in [5.74, 6) is 0.359. The molecule has 2 fully saturated rings. The van der Waals surface area contributed by atoms with E-state index in [0.717, 1.165) is 12.8 Å². The van der Waals surface area contributed by atoms with Crippen molar-refractivity contribution in [3.63, 3.8) is 0 Å². The van der Waals surface area contributed by atoms with Crippen LogP contribution in [0.15, 0.2) is 0 Å². The average Bonchev–Trinajstić information content (AvgIpc) is 2.27. The number of Topliss-reactive ketones (excluding diaryl/α,β-unsaturated/α-hetero) is 1. The molecule has 0 radical (unpaired) electrons. The zero-order chi connectivity index (χ0) is 14.5. The number of hydrogen-bond acceptors (Lipinski definition) is 3. The molecule has 0 N–H and O–H groups in total. The second-order valence-corrected chi connectivity index (χ2v) is 7.47. The minimum Gasteiger partial charge on any atom is -0.444 e. The van der Waals surface area contributed by atoms with E-state index in [1.165, 1.54) is 0 Å². The van der Waals surface area contributed by atoms with Crippen molar-refractivity contribution in [2.75, 3.05) is 13.1 Å². The van der Waals surface area contributed by atoms with Gasteiger partial charge in [-0.25, -0.2) is 4.79 Å². The number of piperidine rings is 1. The molecule has 4 nitrogen and oxygen atoms in total. The second-order valence-electron chi connectivity index (χ2n) is 7.47. The fraction of sp³-hybridized carbons (Fsp3) is 0.867. The zero-order valence-electron chi connectivity index (χ0n) is 12.7. The molecule has 4 heteroatoms. The monoisotopic (exact) mass is 267 g/mol. The van der Waals surface area contributed by atoms with Crippen molar-refractivity contribution in [3.8, 4) is 0 Å². The van der Waals surface area contributed by atoms with Crippen molar-refractivity contribution in [1.82, 2.24) is 4.90 Å². The van der Waals surface area contributed by atoms with Gasteiger partial charge in [0.25, 0.3) is 0 Å². The van der Waals surface area contributed by atoms with Gasteiger partial charge >= 0.3 is 6.09 Å². The topological polar surface area (TPSA) is 46.6 Å². The highest BCUT2D eigenvalue weighted by molar-refractivity contribution is 5.92. The molecule has 108 valence electrons. The van der Waals surface area contributed by atoms with Crippen LogP contribution in [0.3, 0.4) is 0 Å². The van der Waals surface area contributed by atoms with E-state index in [4.69, 9.17) is 4.74 Å². The predicted octanol–water partition coefficient (Wildman–Crippen LogP) is 3.00. The Morgan fingerprint density at radius 1 is 1.21 bits per heavy atom. The van der Waals surface area contributed by atoms with Gasteiger partial charge in [0, 0.05) is 24.9 Å². The Morgan fingerprint density at radius 3 is 2.11 bits per heavy atom. The van der Waals surface area contributed by atoms with Gasteiger partial charge in [0.15, 0.2) is 0 Å². The maximum Gasteiger partial charge on any atom is 0.410 e. The average molecular weight is 267 g/mol. The van der Waals surface area contributed by atoms with Crippen LogP contribution in [-0.4, -0.2) is 35.5 Å². The molecule has 1 saturated carbocycles. The van der Waals surface area contributed by atoms with Crippen LogP contribution in [0.1, 0.15) is 53.9 Å². The van der Waals surface area contributed by atoms with Gasteiger partial charge in [-0.05, 0) is 39.0 Å². The van der Waals surface area contributed by atoms with E-state index in [2.05, 4.69) is 0 Å². The molecule has 1 heterocycles. The van der Waals surface area contributed by atoms with Crippen molar-refractivity contribution in [2.45, 2.75) is 59.5 Å². The first kappa shape index (κ1) is 14.4. The fourth-order valence-electron chi connectivity index (χ4n) is 3.18. The highest BCUT2D eigenvalue weighted by Crippen LogP contribution is 2.59. The van der Waals surface area contributed by atoms with Gasteiger partial charge in [0.1, 0.15) is 11.4 Å². The molecule has 1 aliphatic carbocycles. The number of rotatable bonds is 0. The number of ether oxygens (including phenoxy) is 1. The summed E-state index contributed by atoms with van der Waals surface area (Å²) >= 11 is 0. The summed E-state index contributed by atoms with van der Waals surface area (Å²) in [6.45, 7) is 11.1. The number of carbonyl (C=O) groups excluding carboxylic acids is 2. The highest BCUT2D eigenvalue weighted by atomic mass is 16.6. The third-order valence-corrected chi connectivity index (χ3v) is 4.89. The van der Waals surface area contributed by atoms with E-state index < -0.39 is 5.60 Å².